The molecule has 1 spiro atoms. The maximum atomic E-state index is 14.3. The number of hydrogen-bond acceptors (Lipinski definition) is 12. The summed E-state index contributed by atoms with van der Waals surface area (Å²) in [6.45, 7) is 14.4. The van der Waals surface area contributed by atoms with Crippen molar-refractivity contribution < 1.29 is 57.6 Å². The van der Waals surface area contributed by atoms with Crippen LogP contribution < -0.4 is 0 Å². The Morgan fingerprint density at radius 2 is 1.82 bits per heavy atom. The maximum absolute atomic E-state index is 14.3. The van der Waals surface area contributed by atoms with Crippen molar-refractivity contribution in [3.8, 4) is 0 Å². The van der Waals surface area contributed by atoms with E-state index in [2.05, 4.69) is 62.7 Å². The van der Waals surface area contributed by atoms with Gasteiger partial charge in [0.05, 0.1) is 42.5 Å². The number of rotatable bonds is 9. The van der Waals surface area contributed by atoms with Crippen LogP contribution in [0.4, 0.5) is 0 Å². The number of ether oxygens (including phenoxy) is 9. The number of methoxy groups -OCH3 is 2. The molecule has 4 unspecified atom stereocenters. The molecule has 13 heteroatoms. The van der Waals surface area contributed by atoms with Crippen LogP contribution in [0.1, 0.15) is 80.6 Å². The van der Waals surface area contributed by atoms with Crippen molar-refractivity contribution in [2.75, 3.05) is 26.2 Å². The predicted octanol–water partition coefficient (Wildman–Crippen LogP) is 6.23. The number of esters is 1. The van der Waals surface area contributed by atoms with Crippen LogP contribution >= 0.6 is 15.9 Å². The van der Waals surface area contributed by atoms with Gasteiger partial charge in [-0.3, -0.25) is 4.79 Å². The summed E-state index contributed by atoms with van der Waals surface area (Å²) in [6.07, 6.45) is 10.6. The molecule has 1 aliphatic carbocycles. The number of halogens is 1. The molecule has 2 N–H and O–H groups in total. The van der Waals surface area contributed by atoms with Crippen molar-refractivity contribution >= 4 is 21.9 Å². The highest BCUT2D eigenvalue weighted by Crippen LogP contribution is 2.47. The summed E-state index contributed by atoms with van der Waals surface area (Å²) in [5.41, 5.74) is 0.200. The molecule has 17 atom stereocenters. The van der Waals surface area contributed by atoms with E-state index >= 15 is 0 Å². The smallest absolute Gasteiger partial charge is 0.316 e. The van der Waals surface area contributed by atoms with Gasteiger partial charge in [0.2, 0.25) is 0 Å². The first-order chi connectivity index (χ1) is 27.2. The molecule has 320 valence electrons. The molecule has 0 aromatic rings. The molecule has 57 heavy (non-hydrogen) atoms. The van der Waals surface area contributed by atoms with Gasteiger partial charge in [0.1, 0.15) is 35.9 Å². The Morgan fingerprint density at radius 3 is 2.53 bits per heavy atom. The van der Waals surface area contributed by atoms with Crippen LogP contribution in [0.3, 0.4) is 0 Å². The van der Waals surface area contributed by atoms with Gasteiger partial charge in [-0.15, -0.1) is 0 Å². The molecule has 0 aromatic carbocycles. The van der Waals surface area contributed by atoms with Crippen LogP contribution in [0.5, 0.6) is 0 Å². The minimum Gasteiger partial charge on any atom is -0.462 e. The van der Waals surface area contributed by atoms with Gasteiger partial charge in [0.15, 0.2) is 18.4 Å². The second-order valence-corrected chi connectivity index (χ2v) is 17.7. The molecular formula is C44H65BrO12. The Hall–Kier alpha value is -1.75. The van der Waals surface area contributed by atoms with Gasteiger partial charge in [-0.05, 0) is 55.9 Å². The van der Waals surface area contributed by atoms with Crippen LogP contribution in [0.25, 0.3) is 0 Å². The predicted molar refractivity (Wildman–Crippen MR) is 216 cm³/mol. The molecule has 0 saturated carbocycles. The second-order valence-electron chi connectivity index (χ2n) is 17.0. The molecule has 3 fully saturated rings. The monoisotopic (exact) mass is 864 g/mol. The first-order valence-electron chi connectivity index (χ1n) is 20.7. The normalized spacial score (nSPS) is 43.8. The Balaban J connectivity index is 1.35. The largest absolute Gasteiger partial charge is 0.462 e. The number of fused-ring (bicyclic) bond motifs is 2. The lowest BCUT2D eigenvalue weighted by Gasteiger charge is -2.48. The lowest BCUT2D eigenvalue weighted by molar-refractivity contribution is -0.300. The van der Waals surface area contributed by atoms with E-state index in [1.165, 1.54) is 0 Å². The van der Waals surface area contributed by atoms with Gasteiger partial charge in [-0.1, -0.05) is 86.5 Å². The molecular weight excluding hydrogens is 800 g/mol. The lowest BCUT2D eigenvalue weighted by Crippen LogP contribution is -2.58. The Labute approximate surface area is 347 Å². The number of hydrogen-bond donors (Lipinski definition) is 2. The van der Waals surface area contributed by atoms with E-state index in [0.29, 0.717) is 42.2 Å². The van der Waals surface area contributed by atoms with E-state index in [-0.39, 0.29) is 54.9 Å². The van der Waals surface area contributed by atoms with E-state index in [9.17, 15) is 15.0 Å². The number of alkyl halides is 1. The highest BCUT2D eigenvalue weighted by atomic mass is 79.9. The minimum absolute atomic E-state index is 0.0471. The van der Waals surface area contributed by atoms with E-state index < -0.39 is 60.3 Å². The SMILES string of the molecule is CCC(C)[C@H]1O[C@]2(C=C[C@@H]1C)C[C@@H]1C[C@@H](CC=C(C)[C@@H](OC3C[C@H](OC)[C@@H](OC(CBr)OC)[C@H](C)O3)C(C)C=CC=C3CO[C@@H]4[C@H](O)C(C)=C[C@@H](C(=O)O1)[C@]34O)O2. The second kappa shape index (κ2) is 18.9. The molecule has 0 radical (unpaired) electrons. The van der Waals surface area contributed by atoms with E-state index in [0.717, 1.165) is 12.0 Å². The van der Waals surface area contributed by atoms with Crippen molar-refractivity contribution in [2.45, 2.75) is 159 Å². The van der Waals surface area contributed by atoms with Gasteiger partial charge in [0.25, 0.3) is 0 Å². The highest BCUT2D eigenvalue weighted by Gasteiger charge is 2.60. The first kappa shape index (κ1) is 44.8. The fraction of sp³-hybridized carbons (Fsp3) is 0.750. The van der Waals surface area contributed by atoms with Crippen LogP contribution in [0.2, 0.25) is 0 Å². The van der Waals surface area contributed by atoms with Gasteiger partial charge < -0.3 is 52.8 Å². The van der Waals surface area contributed by atoms with Crippen molar-refractivity contribution in [3.05, 3.63) is 59.3 Å². The first-order valence-corrected chi connectivity index (χ1v) is 21.9. The molecule has 0 amide bonds. The molecule has 0 aromatic heterocycles. The molecule has 3 saturated heterocycles. The molecule has 6 rings (SSSR count). The summed E-state index contributed by atoms with van der Waals surface area (Å²) in [4.78, 5) is 14.3. The third-order valence-electron chi connectivity index (χ3n) is 12.9. The fourth-order valence-electron chi connectivity index (χ4n) is 9.38. The summed E-state index contributed by atoms with van der Waals surface area (Å²) < 4.78 is 57.1. The van der Waals surface area contributed by atoms with E-state index in [4.69, 9.17) is 42.6 Å². The summed E-state index contributed by atoms with van der Waals surface area (Å²) in [5, 5.41) is 24.1. The Kier molecular flexibility index (Phi) is 14.8. The standard InChI is InChI=1S/C44H65BrO12/c1-10-24(2)39-27(5)16-17-43(57-39)21-32-19-31(56-43)15-14-26(4)38(54-35-20-34(49-8)40(29(7)52-35)55-36(22-45)50-9)25(3)12-11-13-30-23-51-41-37(46)28(6)18-33(42(47)53-32)44(30,41)48/h11-14,16-18,24-25,27,29,31-41,46,48H,10,15,19-23H2,1-9H3/t24?,25?,27-,29-,31+,32-,33-,34-,35?,36?,37+,38-,39+,40-,41+,43+,44+/m0/s1. The average Bonchev–Trinajstić information content (AvgIpc) is 3.53. The zero-order valence-electron chi connectivity index (χ0n) is 35.0. The van der Waals surface area contributed by atoms with Crippen molar-refractivity contribution in [2.24, 2.45) is 23.7 Å². The molecule has 5 heterocycles. The summed E-state index contributed by atoms with van der Waals surface area (Å²) in [6, 6.07) is 0. The lowest BCUT2D eigenvalue weighted by atomic mass is 9.71. The van der Waals surface area contributed by atoms with Gasteiger partial charge in [0, 0.05) is 45.3 Å². The Bertz CT molecular complexity index is 1560. The number of aliphatic hydroxyl groups is 2. The number of carbonyl (C=O) groups excluding carboxylic acids is 1. The summed E-state index contributed by atoms with van der Waals surface area (Å²) in [7, 11) is 3.27. The fourth-order valence-corrected chi connectivity index (χ4v) is 9.80. The topological polar surface area (TPSA) is 141 Å². The number of allylic oxidation sites excluding steroid dienone is 2. The van der Waals surface area contributed by atoms with Crippen LogP contribution in [0, 0.1) is 23.7 Å². The third kappa shape index (κ3) is 9.44. The van der Waals surface area contributed by atoms with Crippen molar-refractivity contribution in [1.82, 2.24) is 0 Å². The number of carbonyl (C=O) groups is 1. The van der Waals surface area contributed by atoms with Crippen LogP contribution in [0.15, 0.2) is 59.3 Å². The van der Waals surface area contributed by atoms with Gasteiger partial charge in [-0.2, -0.15) is 0 Å². The molecule has 2 bridgehead atoms. The van der Waals surface area contributed by atoms with Gasteiger partial charge >= 0.3 is 5.97 Å². The molecule has 5 aliphatic heterocycles. The van der Waals surface area contributed by atoms with E-state index in [1.54, 1.807) is 33.3 Å². The quantitative estimate of drug-likeness (QED) is 0.118. The zero-order chi connectivity index (χ0) is 41.2. The van der Waals surface area contributed by atoms with Crippen LogP contribution in [-0.4, -0.2) is 121 Å². The van der Waals surface area contributed by atoms with E-state index in [1.807, 2.05) is 25.2 Å². The summed E-state index contributed by atoms with van der Waals surface area (Å²) in [5.74, 6) is -2.46. The third-order valence-corrected chi connectivity index (χ3v) is 13.5. The minimum atomic E-state index is -1.82. The summed E-state index contributed by atoms with van der Waals surface area (Å²) >= 11 is 3.45. The zero-order valence-corrected chi connectivity index (χ0v) is 36.6. The van der Waals surface area contributed by atoms with Crippen molar-refractivity contribution in [3.63, 3.8) is 0 Å². The highest BCUT2D eigenvalue weighted by molar-refractivity contribution is 9.09. The average molecular weight is 866 g/mol. The molecule has 6 aliphatic rings. The Morgan fingerprint density at radius 1 is 1.05 bits per heavy atom. The number of aliphatic hydroxyl groups excluding tert-OH is 1. The van der Waals surface area contributed by atoms with Crippen LogP contribution in [-0.2, 0) is 47.4 Å². The van der Waals surface area contributed by atoms with Gasteiger partial charge in [-0.25, -0.2) is 0 Å². The van der Waals surface area contributed by atoms with Crippen molar-refractivity contribution in [1.29, 1.82) is 0 Å². The maximum Gasteiger partial charge on any atom is 0.316 e. The molecule has 12 nitrogen and oxygen atoms in total.